The van der Waals surface area contributed by atoms with Crippen LogP contribution in [-0.2, 0) is 11.2 Å². The van der Waals surface area contributed by atoms with Crippen molar-refractivity contribution in [2.75, 3.05) is 0 Å². The minimum atomic E-state index is -0.777. The number of carboxylic acid groups (broad SMARTS) is 1. The van der Waals surface area contributed by atoms with E-state index in [1.54, 1.807) is 12.4 Å². The number of aryl methyl sites for hydroxylation is 1. The number of carboxylic acids is 1. The van der Waals surface area contributed by atoms with Gasteiger partial charge in [0.25, 0.3) is 0 Å². The highest BCUT2D eigenvalue weighted by Crippen LogP contribution is 2.31. The molecule has 0 aliphatic rings. The largest absolute Gasteiger partial charge is 0.481 e. The van der Waals surface area contributed by atoms with Crippen LogP contribution >= 0.6 is 0 Å². The maximum absolute atomic E-state index is 10.8. The quantitative estimate of drug-likeness (QED) is 0.761. The summed E-state index contributed by atoms with van der Waals surface area (Å²) < 4.78 is 0. The van der Waals surface area contributed by atoms with Crippen LogP contribution in [-0.4, -0.2) is 21.0 Å². The number of hydrogen-bond donors (Lipinski definition) is 2. The van der Waals surface area contributed by atoms with E-state index in [1.807, 2.05) is 30.5 Å². The number of nitrogens with one attached hydrogen (secondary N) is 1. The van der Waals surface area contributed by atoms with Crippen molar-refractivity contribution in [3.63, 3.8) is 0 Å². The molecular weight excluding hydrogens is 252 g/mol. The van der Waals surface area contributed by atoms with E-state index in [1.165, 1.54) is 0 Å². The molecule has 2 heterocycles. The number of H-pyrrole nitrogens is 1. The number of aromatic amines is 1. The lowest BCUT2D eigenvalue weighted by Crippen LogP contribution is -1.97. The van der Waals surface area contributed by atoms with Gasteiger partial charge in [0, 0.05) is 35.9 Å². The van der Waals surface area contributed by atoms with Crippen LogP contribution in [0.2, 0.25) is 0 Å². The van der Waals surface area contributed by atoms with Crippen LogP contribution in [0, 0.1) is 0 Å². The number of nitrogens with zero attached hydrogens (tertiary/aromatic N) is 1. The predicted molar refractivity (Wildman–Crippen MR) is 77.5 cm³/mol. The summed E-state index contributed by atoms with van der Waals surface area (Å²) in [5.74, 6) is -0.777. The molecule has 2 N–H and O–H groups in total. The van der Waals surface area contributed by atoms with Gasteiger partial charge in [-0.05, 0) is 41.3 Å². The van der Waals surface area contributed by atoms with Gasteiger partial charge in [0.05, 0.1) is 0 Å². The summed E-state index contributed by atoms with van der Waals surface area (Å²) in [6, 6.07) is 9.97. The molecular formula is C16H14N2O2. The van der Waals surface area contributed by atoms with E-state index >= 15 is 0 Å². The van der Waals surface area contributed by atoms with Gasteiger partial charge in [0.2, 0.25) is 0 Å². The first-order valence-corrected chi connectivity index (χ1v) is 6.47. The van der Waals surface area contributed by atoms with E-state index in [9.17, 15) is 4.79 Å². The molecule has 3 rings (SSSR count). The van der Waals surface area contributed by atoms with Crippen LogP contribution in [0.25, 0.3) is 22.0 Å². The number of aromatic nitrogens is 2. The average Bonchev–Trinajstić information content (AvgIpc) is 2.89. The molecule has 20 heavy (non-hydrogen) atoms. The first-order valence-electron chi connectivity index (χ1n) is 6.47. The second kappa shape index (κ2) is 5.17. The monoisotopic (exact) mass is 266 g/mol. The molecule has 0 bridgehead atoms. The van der Waals surface area contributed by atoms with E-state index in [2.05, 4.69) is 16.0 Å². The van der Waals surface area contributed by atoms with Crippen molar-refractivity contribution >= 4 is 16.9 Å². The third kappa shape index (κ3) is 2.28. The maximum atomic E-state index is 10.8. The Balaban J connectivity index is 2.12. The zero-order valence-corrected chi connectivity index (χ0v) is 10.8. The van der Waals surface area contributed by atoms with Gasteiger partial charge in [0.15, 0.2) is 0 Å². The van der Waals surface area contributed by atoms with Crippen LogP contribution in [0.15, 0.2) is 48.9 Å². The molecule has 2 aromatic heterocycles. The average molecular weight is 266 g/mol. The van der Waals surface area contributed by atoms with Crippen molar-refractivity contribution in [3.05, 3.63) is 54.5 Å². The summed E-state index contributed by atoms with van der Waals surface area (Å²) in [4.78, 5) is 18.0. The molecule has 0 atom stereocenters. The molecule has 0 aliphatic carbocycles. The summed E-state index contributed by atoms with van der Waals surface area (Å²) in [7, 11) is 0. The molecule has 0 radical (unpaired) electrons. The van der Waals surface area contributed by atoms with Crippen LogP contribution in [0.5, 0.6) is 0 Å². The molecule has 1 aromatic carbocycles. The SMILES string of the molecule is O=C(O)CCc1c[nH]c2cccc(-c3ccncc3)c12. The van der Waals surface area contributed by atoms with Crippen molar-refractivity contribution in [1.29, 1.82) is 0 Å². The lowest BCUT2D eigenvalue weighted by atomic mass is 9.98. The van der Waals surface area contributed by atoms with Crippen LogP contribution in [0.1, 0.15) is 12.0 Å². The van der Waals surface area contributed by atoms with E-state index in [0.717, 1.165) is 27.6 Å². The molecule has 0 aliphatic heterocycles. The molecule has 0 amide bonds. The fourth-order valence-electron chi connectivity index (χ4n) is 2.47. The van der Waals surface area contributed by atoms with Gasteiger partial charge < -0.3 is 10.1 Å². The molecule has 4 heteroatoms. The maximum Gasteiger partial charge on any atom is 0.303 e. The third-order valence-corrected chi connectivity index (χ3v) is 3.39. The first-order chi connectivity index (χ1) is 9.75. The molecule has 0 saturated heterocycles. The molecule has 0 unspecified atom stereocenters. The second-order valence-corrected chi connectivity index (χ2v) is 4.67. The molecule has 0 fully saturated rings. The molecule has 0 spiro atoms. The molecule has 100 valence electrons. The zero-order chi connectivity index (χ0) is 13.9. The Bertz CT molecular complexity index is 748. The lowest BCUT2D eigenvalue weighted by molar-refractivity contribution is -0.136. The summed E-state index contributed by atoms with van der Waals surface area (Å²) >= 11 is 0. The minimum absolute atomic E-state index is 0.137. The van der Waals surface area contributed by atoms with Gasteiger partial charge in [-0.25, -0.2) is 0 Å². The third-order valence-electron chi connectivity index (χ3n) is 3.39. The summed E-state index contributed by atoms with van der Waals surface area (Å²) in [6.45, 7) is 0. The summed E-state index contributed by atoms with van der Waals surface area (Å²) in [5.41, 5.74) is 4.25. The number of hydrogen-bond acceptors (Lipinski definition) is 2. The number of rotatable bonds is 4. The van der Waals surface area contributed by atoms with Crippen LogP contribution < -0.4 is 0 Å². The Labute approximate surface area is 116 Å². The van der Waals surface area contributed by atoms with Gasteiger partial charge in [-0.2, -0.15) is 0 Å². The van der Waals surface area contributed by atoms with Gasteiger partial charge in [-0.1, -0.05) is 12.1 Å². The van der Waals surface area contributed by atoms with Crippen molar-refractivity contribution < 1.29 is 9.90 Å². The fraction of sp³-hybridized carbons (Fsp3) is 0.125. The van der Waals surface area contributed by atoms with E-state index in [-0.39, 0.29) is 6.42 Å². The number of benzene rings is 1. The Morgan fingerprint density at radius 3 is 2.75 bits per heavy atom. The smallest absolute Gasteiger partial charge is 0.303 e. The predicted octanol–water partition coefficient (Wildman–Crippen LogP) is 3.25. The first kappa shape index (κ1) is 12.4. The highest BCUT2D eigenvalue weighted by Gasteiger charge is 2.11. The molecule has 0 saturated carbocycles. The van der Waals surface area contributed by atoms with Gasteiger partial charge >= 0.3 is 5.97 Å². The fourth-order valence-corrected chi connectivity index (χ4v) is 2.47. The van der Waals surface area contributed by atoms with Gasteiger partial charge in [-0.3, -0.25) is 9.78 Å². The summed E-state index contributed by atoms with van der Waals surface area (Å²) in [6.07, 6.45) is 6.09. The highest BCUT2D eigenvalue weighted by atomic mass is 16.4. The van der Waals surface area contributed by atoms with Crippen LogP contribution in [0.3, 0.4) is 0 Å². The standard InChI is InChI=1S/C16H14N2O2/c19-15(20)5-4-12-10-18-14-3-1-2-13(16(12)14)11-6-8-17-9-7-11/h1-3,6-10,18H,4-5H2,(H,19,20). The van der Waals surface area contributed by atoms with Crippen molar-refractivity contribution in [1.82, 2.24) is 9.97 Å². The second-order valence-electron chi connectivity index (χ2n) is 4.67. The Hall–Kier alpha value is -2.62. The number of carbonyl (C=O) groups is 1. The highest BCUT2D eigenvalue weighted by molar-refractivity contribution is 5.97. The number of fused-ring (bicyclic) bond motifs is 1. The van der Waals surface area contributed by atoms with E-state index in [4.69, 9.17) is 5.11 Å². The Morgan fingerprint density at radius 1 is 1.20 bits per heavy atom. The zero-order valence-electron chi connectivity index (χ0n) is 10.8. The van der Waals surface area contributed by atoms with Gasteiger partial charge in [-0.15, -0.1) is 0 Å². The minimum Gasteiger partial charge on any atom is -0.481 e. The van der Waals surface area contributed by atoms with E-state index < -0.39 is 5.97 Å². The topological polar surface area (TPSA) is 66.0 Å². The van der Waals surface area contributed by atoms with Crippen LogP contribution in [0.4, 0.5) is 0 Å². The summed E-state index contributed by atoms with van der Waals surface area (Å²) in [5, 5.41) is 9.95. The normalized spacial score (nSPS) is 10.8. The van der Waals surface area contributed by atoms with Gasteiger partial charge in [0.1, 0.15) is 0 Å². The Morgan fingerprint density at radius 2 is 2.00 bits per heavy atom. The number of aliphatic carboxylic acids is 1. The van der Waals surface area contributed by atoms with Crippen molar-refractivity contribution in [3.8, 4) is 11.1 Å². The molecule has 4 nitrogen and oxygen atoms in total. The molecule has 3 aromatic rings. The number of pyridine rings is 1. The van der Waals surface area contributed by atoms with E-state index in [0.29, 0.717) is 6.42 Å². The Kier molecular flexibility index (Phi) is 3.21. The lowest BCUT2D eigenvalue weighted by Gasteiger charge is -2.06. The van der Waals surface area contributed by atoms with Crippen molar-refractivity contribution in [2.45, 2.75) is 12.8 Å². The van der Waals surface area contributed by atoms with Crippen molar-refractivity contribution in [2.24, 2.45) is 0 Å².